The van der Waals surface area contributed by atoms with Crippen molar-refractivity contribution in [1.82, 2.24) is 0 Å². The molecule has 0 saturated carbocycles. The Hall–Kier alpha value is 2.50. The summed E-state index contributed by atoms with van der Waals surface area (Å²) in [6.45, 7) is 3.57. The smallest absolute Gasteiger partial charge is 0.0187 e. The zero-order chi connectivity index (χ0) is 3.58. The predicted molar refractivity (Wildman–Crippen MR) is 51.8 cm³/mol. The molecule has 0 fully saturated rings. The van der Waals surface area contributed by atoms with Gasteiger partial charge >= 0.3 is 0 Å². The standard InChI is InChI=1S/C2H7OP.2HI.Ir/c1-4(2)3;;;/h3H,1-2H3;2*1H;. The molecule has 51 valence electrons. The van der Waals surface area contributed by atoms with Crippen LogP contribution in [-0.2, 0) is 20.1 Å². The van der Waals surface area contributed by atoms with Gasteiger partial charge in [-0.15, -0.1) is 48.0 Å². The van der Waals surface area contributed by atoms with E-state index in [-0.39, 0.29) is 68.1 Å². The van der Waals surface area contributed by atoms with Crippen LogP contribution < -0.4 is 0 Å². The van der Waals surface area contributed by atoms with Crippen LogP contribution in [0.3, 0.4) is 0 Å². The normalized spacial score (nSPS) is 5.14. The second-order valence-electron chi connectivity index (χ2n) is 0.847. The van der Waals surface area contributed by atoms with E-state index >= 15 is 0 Å². The molecule has 0 spiro atoms. The average molecular weight is 526 g/mol. The van der Waals surface area contributed by atoms with Crippen LogP contribution in [0.1, 0.15) is 0 Å². The largest absolute Gasteiger partial charge is 0.374 e. The summed E-state index contributed by atoms with van der Waals surface area (Å²) < 4.78 is 0. The summed E-state index contributed by atoms with van der Waals surface area (Å²) in [6, 6.07) is 0. The van der Waals surface area contributed by atoms with Crippen LogP contribution in [-0.4, -0.2) is 18.2 Å². The number of hydrogen-bond acceptors (Lipinski definition) is 1. The van der Waals surface area contributed by atoms with Crippen molar-refractivity contribution < 1.29 is 25.0 Å². The Balaban J connectivity index is -0.0000000150. The molecule has 7 heavy (non-hydrogen) atoms. The summed E-state index contributed by atoms with van der Waals surface area (Å²) in [5.41, 5.74) is 0. The fraction of sp³-hybridized carbons (Fsp3) is 1.00. The molecule has 1 nitrogen and oxygen atoms in total. The third-order valence-corrected chi connectivity index (χ3v) is 0. The molecule has 0 saturated heterocycles. The molecule has 5 heteroatoms. The maximum absolute atomic E-state index is 8.12. The van der Waals surface area contributed by atoms with Crippen molar-refractivity contribution in [3.05, 3.63) is 0 Å². The van der Waals surface area contributed by atoms with Crippen LogP contribution >= 0.6 is 56.1 Å². The van der Waals surface area contributed by atoms with Crippen molar-refractivity contribution in [2.75, 3.05) is 13.3 Å². The Kier molecular flexibility index (Phi) is 51.2. The van der Waals surface area contributed by atoms with Crippen LogP contribution in [0.15, 0.2) is 0 Å². The predicted octanol–water partition coefficient (Wildman–Crippen LogP) is 1.87. The second kappa shape index (κ2) is 15.8. The first-order valence-electron chi connectivity index (χ1n) is 1.09. The summed E-state index contributed by atoms with van der Waals surface area (Å²) >= 11 is 0. The minimum Gasteiger partial charge on any atom is -0.374 e. The Bertz CT molecular complexity index is 20.4. The third kappa shape index (κ3) is 57.5. The van der Waals surface area contributed by atoms with Gasteiger partial charge < -0.3 is 4.89 Å². The molecule has 0 heterocycles. The van der Waals surface area contributed by atoms with Gasteiger partial charge in [0.15, 0.2) is 0 Å². The quantitative estimate of drug-likeness (QED) is 0.378. The van der Waals surface area contributed by atoms with Gasteiger partial charge in [0.1, 0.15) is 0 Å². The van der Waals surface area contributed by atoms with E-state index in [1.165, 1.54) is 0 Å². The first-order valence-corrected chi connectivity index (χ1v) is 3.28. The van der Waals surface area contributed by atoms with E-state index in [4.69, 9.17) is 4.89 Å². The van der Waals surface area contributed by atoms with Crippen molar-refractivity contribution in [3.63, 3.8) is 0 Å². The van der Waals surface area contributed by atoms with E-state index in [1.807, 2.05) is 0 Å². The monoisotopic (exact) mass is 527 g/mol. The molecule has 0 bridgehead atoms. The maximum Gasteiger partial charge on any atom is 0.0187 e. The van der Waals surface area contributed by atoms with Crippen LogP contribution in [0.5, 0.6) is 0 Å². The van der Waals surface area contributed by atoms with Gasteiger partial charge in [-0.25, -0.2) is 0 Å². The van der Waals surface area contributed by atoms with E-state index in [9.17, 15) is 0 Å². The molecule has 0 atom stereocenters. The van der Waals surface area contributed by atoms with Gasteiger partial charge in [-0.1, -0.05) is 0 Å². The number of rotatable bonds is 0. The molecule has 0 unspecified atom stereocenters. The molecular weight excluding hydrogens is 517 g/mol. The maximum atomic E-state index is 8.12. The second-order valence-corrected chi connectivity index (χ2v) is 2.54. The fourth-order valence-corrected chi connectivity index (χ4v) is 0. The summed E-state index contributed by atoms with van der Waals surface area (Å²) in [5, 5.41) is 0. The van der Waals surface area contributed by atoms with Crippen LogP contribution in [0, 0.1) is 0 Å². The molecule has 0 rings (SSSR count). The minimum absolute atomic E-state index is 0. The van der Waals surface area contributed by atoms with Crippen LogP contribution in [0.2, 0.25) is 0 Å². The van der Waals surface area contributed by atoms with Crippen molar-refractivity contribution in [2.45, 2.75) is 0 Å². The Morgan fingerprint density at radius 1 is 1.14 bits per heavy atom. The van der Waals surface area contributed by atoms with Gasteiger partial charge in [-0.05, 0) is 13.3 Å². The third-order valence-electron chi connectivity index (χ3n) is 0. The van der Waals surface area contributed by atoms with Gasteiger partial charge in [0.05, 0.1) is 0 Å². The van der Waals surface area contributed by atoms with E-state index in [0.29, 0.717) is 0 Å². The molecule has 0 aromatic rings. The summed E-state index contributed by atoms with van der Waals surface area (Å²) in [4.78, 5) is 8.12. The Labute approximate surface area is 93.3 Å². The molecule has 1 radical (unpaired) electrons. The first-order chi connectivity index (χ1) is 1.73. The van der Waals surface area contributed by atoms with Gasteiger partial charge in [0.25, 0.3) is 0 Å². The summed E-state index contributed by atoms with van der Waals surface area (Å²) in [5.74, 6) is 0. The van der Waals surface area contributed by atoms with Crippen LogP contribution in [0.4, 0.5) is 0 Å². The molecule has 0 aliphatic rings. The summed E-state index contributed by atoms with van der Waals surface area (Å²) in [7, 11) is -0.620. The van der Waals surface area contributed by atoms with Gasteiger partial charge in [0.2, 0.25) is 0 Å². The van der Waals surface area contributed by atoms with E-state index in [2.05, 4.69) is 0 Å². The van der Waals surface area contributed by atoms with Crippen molar-refractivity contribution in [3.8, 4) is 0 Å². The van der Waals surface area contributed by atoms with Gasteiger partial charge in [-0.3, -0.25) is 0 Å². The molecular formula is C2H9I2IrOP. The topological polar surface area (TPSA) is 20.2 Å². The first kappa shape index (κ1) is 22.7. The summed E-state index contributed by atoms with van der Waals surface area (Å²) in [6.07, 6.45) is 0. The molecule has 0 aliphatic heterocycles. The average Bonchev–Trinajstić information content (AvgIpc) is 0.811. The number of hydrogen-bond donors (Lipinski definition) is 1. The van der Waals surface area contributed by atoms with Crippen molar-refractivity contribution in [2.24, 2.45) is 0 Å². The molecule has 0 aromatic carbocycles. The van der Waals surface area contributed by atoms with Gasteiger partial charge in [0, 0.05) is 28.3 Å². The number of halogens is 2. The minimum atomic E-state index is -0.620. The van der Waals surface area contributed by atoms with Crippen molar-refractivity contribution >= 4 is 56.1 Å². The van der Waals surface area contributed by atoms with Crippen LogP contribution in [0.25, 0.3) is 0 Å². The molecule has 0 amide bonds. The van der Waals surface area contributed by atoms with Gasteiger partial charge in [-0.2, -0.15) is 0 Å². The Morgan fingerprint density at radius 3 is 1.14 bits per heavy atom. The van der Waals surface area contributed by atoms with E-state index in [1.54, 1.807) is 13.3 Å². The Morgan fingerprint density at radius 2 is 1.14 bits per heavy atom. The van der Waals surface area contributed by atoms with Crippen molar-refractivity contribution in [1.29, 1.82) is 0 Å². The SMILES string of the molecule is CP(C)O.I.I.[Ir]. The molecule has 0 aliphatic carbocycles. The van der Waals surface area contributed by atoms with E-state index < -0.39 is 8.15 Å². The molecule has 0 aromatic heterocycles. The fourth-order valence-electron chi connectivity index (χ4n) is 0. The zero-order valence-corrected chi connectivity index (χ0v) is 12.0. The zero-order valence-electron chi connectivity index (χ0n) is 4.04. The molecule has 1 N–H and O–H groups in total. The van der Waals surface area contributed by atoms with E-state index in [0.717, 1.165) is 0 Å².